The zero-order valence-electron chi connectivity index (χ0n) is 47.8. The Balaban J connectivity index is 1.96. The number of nitrogens with one attached hydrogen (secondary N) is 1. The monoisotopic (exact) mass is 1030 g/mol. The van der Waals surface area contributed by atoms with Gasteiger partial charge in [-0.05, 0) is 36.8 Å². The third kappa shape index (κ3) is 39.3. The van der Waals surface area contributed by atoms with Crippen LogP contribution in [0.15, 0.2) is 60.7 Å². The number of hydrogen-bond donors (Lipinski definition) is 1. The molecule has 0 saturated carbocycles. The van der Waals surface area contributed by atoms with Gasteiger partial charge >= 0.3 is 11.9 Å². The lowest BCUT2D eigenvalue weighted by molar-refractivity contribution is -0.151. The van der Waals surface area contributed by atoms with E-state index in [2.05, 4.69) is 26.1 Å². The maximum atomic E-state index is 14.3. The fourth-order valence-electron chi connectivity index (χ4n) is 10.1. The lowest BCUT2D eigenvalue weighted by Gasteiger charge is -2.24. The highest BCUT2D eigenvalue weighted by Gasteiger charge is 2.28. The number of esters is 2. The fraction of sp³-hybridized carbons (Fsp3) is 0.773. The van der Waals surface area contributed by atoms with Gasteiger partial charge in [-0.15, -0.1) is 0 Å². The Bertz CT molecular complexity index is 1480. The first-order chi connectivity index (χ1) is 36.0. The molecule has 0 aromatic heterocycles. The van der Waals surface area contributed by atoms with Gasteiger partial charge in [0.1, 0.15) is 12.1 Å². The molecule has 73 heavy (non-hydrogen) atoms. The van der Waals surface area contributed by atoms with Crippen molar-refractivity contribution in [3.05, 3.63) is 71.8 Å². The lowest BCUT2D eigenvalue weighted by Crippen LogP contribution is -2.44. The van der Waals surface area contributed by atoms with E-state index < -0.39 is 18.1 Å². The number of thioether (sulfide) groups is 1. The largest absolute Gasteiger partial charge is 0.461 e. The summed E-state index contributed by atoms with van der Waals surface area (Å²) in [7, 11) is 0. The normalized spacial score (nSPS) is 12.3. The maximum absolute atomic E-state index is 14.3. The number of rotatable bonds is 53. The minimum absolute atomic E-state index is 0.102. The van der Waals surface area contributed by atoms with Gasteiger partial charge in [0.2, 0.25) is 5.91 Å². The minimum atomic E-state index is -0.822. The minimum Gasteiger partial charge on any atom is -0.461 e. The summed E-state index contributed by atoms with van der Waals surface area (Å²) in [5.41, 5.74) is 1.77. The van der Waals surface area contributed by atoms with E-state index in [-0.39, 0.29) is 18.0 Å². The molecule has 2 atom stereocenters. The Morgan fingerprint density at radius 1 is 0.397 bits per heavy atom. The number of hydrogen-bond acceptors (Lipinski definition) is 6. The molecule has 2 rings (SSSR count). The van der Waals surface area contributed by atoms with Crippen molar-refractivity contribution in [1.82, 2.24) is 5.32 Å². The first-order valence-corrected chi connectivity index (χ1v) is 32.5. The van der Waals surface area contributed by atoms with Gasteiger partial charge in [-0.2, -0.15) is 11.8 Å². The molecule has 0 spiro atoms. The van der Waals surface area contributed by atoms with Crippen LogP contribution in [-0.4, -0.2) is 41.5 Å². The third-order valence-corrected chi connectivity index (χ3v) is 16.0. The van der Waals surface area contributed by atoms with E-state index in [0.717, 1.165) is 62.5 Å². The van der Waals surface area contributed by atoms with Crippen LogP contribution in [0.2, 0.25) is 0 Å². The van der Waals surface area contributed by atoms with Crippen LogP contribution in [-0.2, 0) is 23.9 Å². The molecule has 1 N–H and O–H groups in total. The molecule has 0 aliphatic rings. The van der Waals surface area contributed by atoms with E-state index in [9.17, 15) is 14.4 Å². The summed E-state index contributed by atoms with van der Waals surface area (Å²) in [5.74, 6) is 0.291. The number of unbranched alkanes of at least 4 members (excludes halogenated alkanes) is 37. The van der Waals surface area contributed by atoms with Crippen molar-refractivity contribution in [2.75, 3.05) is 11.5 Å². The molecule has 0 heterocycles. The molecule has 2 aromatic carbocycles. The predicted octanol–water partition coefficient (Wildman–Crippen LogP) is 20.3. The van der Waals surface area contributed by atoms with Crippen molar-refractivity contribution >= 4 is 29.6 Å². The van der Waals surface area contributed by atoms with Crippen molar-refractivity contribution in [2.45, 2.75) is 315 Å². The highest BCUT2D eigenvalue weighted by Crippen LogP contribution is 2.27. The molecule has 0 radical (unpaired) electrons. The molecule has 1 amide bonds. The molecule has 0 unspecified atom stereocenters. The molecule has 418 valence electrons. The van der Waals surface area contributed by atoms with Crippen molar-refractivity contribution in [3.63, 3.8) is 0 Å². The van der Waals surface area contributed by atoms with Gasteiger partial charge in [0.15, 0.2) is 6.10 Å². The Hall–Kier alpha value is -2.80. The summed E-state index contributed by atoms with van der Waals surface area (Å²) in [6.07, 6.45) is 51.9. The number of amides is 1. The predicted molar refractivity (Wildman–Crippen MR) is 316 cm³/mol. The van der Waals surface area contributed by atoms with Crippen LogP contribution >= 0.6 is 11.8 Å². The maximum Gasteiger partial charge on any atom is 0.330 e. The molecule has 0 fully saturated rings. The van der Waals surface area contributed by atoms with E-state index in [1.807, 2.05) is 60.7 Å². The van der Waals surface area contributed by atoms with Crippen LogP contribution < -0.4 is 5.32 Å². The summed E-state index contributed by atoms with van der Waals surface area (Å²) in [4.78, 5) is 41.2. The smallest absolute Gasteiger partial charge is 0.330 e. The molecule has 0 aliphatic heterocycles. The van der Waals surface area contributed by atoms with Crippen LogP contribution in [0.1, 0.15) is 314 Å². The van der Waals surface area contributed by atoms with E-state index in [1.54, 1.807) is 11.8 Å². The second-order valence-electron chi connectivity index (χ2n) is 21.8. The molecule has 0 aliphatic carbocycles. The number of ether oxygens (including phenoxy) is 2. The Kier molecular flexibility index (Phi) is 45.5. The first-order valence-electron chi connectivity index (χ1n) is 31.3. The van der Waals surface area contributed by atoms with Crippen LogP contribution in [0, 0.1) is 0 Å². The molecule has 2 aromatic rings. The molecule has 0 saturated heterocycles. The van der Waals surface area contributed by atoms with Crippen LogP contribution in [0.4, 0.5) is 0 Å². The summed E-state index contributed by atoms with van der Waals surface area (Å²) < 4.78 is 12.6. The quantitative estimate of drug-likeness (QED) is 0.0525. The van der Waals surface area contributed by atoms with Crippen molar-refractivity contribution in [3.8, 4) is 0 Å². The van der Waals surface area contributed by atoms with E-state index in [1.165, 1.54) is 212 Å². The average Bonchev–Trinajstić information content (AvgIpc) is 3.40. The molecule has 7 heteroatoms. The molecular weight excluding hydrogens is 919 g/mol. The highest BCUT2D eigenvalue weighted by atomic mass is 32.2. The zero-order chi connectivity index (χ0) is 52.3. The van der Waals surface area contributed by atoms with E-state index >= 15 is 0 Å². The standard InChI is InChI=1S/C66H113NO5S/c1-4-7-10-13-16-19-22-25-28-29-32-35-38-47-54-61(71-64(69)56-49-40-37-34-31-27-24-21-18-15-12-9-6-3)57-73-58-62(66(70)72-65(59-50-43-41-44-51-59)60-52-45-42-46-53-60)67-63(68)55-48-39-36-33-30-26-23-20-17-14-11-8-5-2/h41-46,50-53,61-62,65H,4-40,47-49,54-58H2,1-3H3,(H,67,68)/t61-,62-/m1/s1. The van der Waals surface area contributed by atoms with Crippen molar-refractivity contribution in [2.24, 2.45) is 0 Å². The van der Waals surface area contributed by atoms with Crippen LogP contribution in [0.5, 0.6) is 0 Å². The SMILES string of the molecule is CCCCCCCCCCCCCCCC[C@H](CSC[C@@H](NC(=O)CCCCCCCCCCCCCCC)C(=O)OC(c1ccccc1)c1ccccc1)OC(=O)CCCCCCCCCCCCCCC. The van der Waals surface area contributed by atoms with Gasteiger partial charge in [-0.3, -0.25) is 9.59 Å². The Morgan fingerprint density at radius 2 is 0.726 bits per heavy atom. The topological polar surface area (TPSA) is 81.7 Å². The average molecular weight is 1030 g/mol. The highest BCUT2D eigenvalue weighted by molar-refractivity contribution is 7.99. The van der Waals surface area contributed by atoms with Crippen molar-refractivity contribution in [1.29, 1.82) is 0 Å². The van der Waals surface area contributed by atoms with Crippen molar-refractivity contribution < 1.29 is 23.9 Å². The molecule has 0 bridgehead atoms. The first kappa shape index (κ1) is 66.3. The lowest BCUT2D eigenvalue weighted by atomic mass is 10.0. The number of benzene rings is 2. The number of carbonyl (C=O) groups excluding carboxylic acids is 3. The summed E-state index contributed by atoms with van der Waals surface area (Å²) >= 11 is 1.59. The fourth-order valence-corrected chi connectivity index (χ4v) is 11.2. The molecular formula is C66H113NO5S. The Morgan fingerprint density at radius 3 is 1.10 bits per heavy atom. The Labute approximate surface area is 455 Å². The van der Waals surface area contributed by atoms with Gasteiger partial charge in [0, 0.05) is 24.3 Å². The van der Waals surface area contributed by atoms with Crippen LogP contribution in [0.25, 0.3) is 0 Å². The summed E-state index contributed by atoms with van der Waals surface area (Å²) in [5, 5.41) is 3.11. The summed E-state index contributed by atoms with van der Waals surface area (Å²) in [6.45, 7) is 6.83. The van der Waals surface area contributed by atoms with Gasteiger partial charge in [-0.1, -0.05) is 319 Å². The van der Waals surface area contributed by atoms with Crippen LogP contribution in [0.3, 0.4) is 0 Å². The second kappa shape index (κ2) is 50.0. The number of carbonyl (C=O) groups is 3. The van der Waals surface area contributed by atoms with Gasteiger partial charge in [-0.25, -0.2) is 4.79 Å². The van der Waals surface area contributed by atoms with Gasteiger partial charge in [0.25, 0.3) is 0 Å². The van der Waals surface area contributed by atoms with E-state index in [4.69, 9.17) is 9.47 Å². The van der Waals surface area contributed by atoms with Gasteiger partial charge in [0.05, 0.1) is 0 Å². The van der Waals surface area contributed by atoms with Gasteiger partial charge < -0.3 is 14.8 Å². The summed E-state index contributed by atoms with van der Waals surface area (Å²) in [6, 6.07) is 18.9. The van der Waals surface area contributed by atoms with E-state index in [0.29, 0.717) is 24.3 Å². The second-order valence-corrected chi connectivity index (χ2v) is 22.9. The molecule has 6 nitrogen and oxygen atoms in total. The third-order valence-electron chi connectivity index (χ3n) is 14.8. The zero-order valence-corrected chi connectivity index (χ0v) is 48.6.